The number of hydrogen-bond donors (Lipinski definition) is 1. The highest BCUT2D eigenvalue weighted by molar-refractivity contribution is 5.94. The van der Waals surface area contributed by atoms with Crippen molar-refractivity contribution in [3.63, 3.8) is 0 Å². The molecule has 0 saturated heterocycles. The second-order valence-electron chi connectivity index (χ2n) is 5.69. The molecule has 0 unspecified atom stereocenters. The monoisotopic (exact) mass is 279 g/mol. The molecule has 0 radical (unpaired) electrons. The average molecular weight is 279 g/mol. The second kappa shape index (κ2) is 6.88. The van der Waals surface area contributed by atoms with Crippen LogP contribution in [0.1, 0.15) is 48.7 Å². The second-order valence-corrected chi connectivity index (χ2v) is 5.69. The van der Waals surface area contributed by atoms with E-state index >= 15 is 0 Å². The van der Waals surface area contributed by atoms with Gasteiger partial charge in [-0.3, -0.25) is 9.48 Å². The number of amides is 1. The van der Waals surface area contributed by atoms with Crippen LogP contribution < -0.4 is 5.32 Å². The van der Waals surface area contributed by atoms with Crippen LogP contribution in [-0.4, -0.2) is 34.9 Å². The first-order valence-electron chi connectivity index (χ1n) is 7.48. The molecule has 1 heterocycles. The van der Waals surface area contributed by atoms with Crippen LogP contribution in [0.15, 0.2) is 6.20 Å². The minimum atomic E-state index is -0.0732. The lowest BCUT2D eigenvalue weighted by Gasteiger charge is -2.28. The summed E-state index contributed by atoms with van der Waals surface area (Å²) in [5.41, 5.74) is 1.52. The Hall–Kier alpha value is -1.36. The molecule has 1 aliphatic rings. The van der Waals surface area contributed by atoms with Gasteiger partial charge in [0.1, 0.15) is 0 Å². The van der Waals surface area contributed by atoms with Crippen molar-refractivity contribution in [1.82, 2.24) is 15.1 Å². The molecule has 0 aromatic carbocycles. The normalized spacial score (nSPS) is 22.8. The van der Waals surface area contributed by atoms with Crippen molar-refractivity contribution in [2.45, 2.75) is 45.6 Å². The number of rotatable bonds is 5. The molecule has 2 rings (SSSR count). The number of ether oxygens (including phenoxy) is 1. The molecule has 20 heavy (non-hydrogen) atoms. The van der Waals surface area contributed by atoms with Gasteiger partial charge >= 0.3 is 0 Å². The van der Waals surface area contributed by atoms with E-state index in [0.29, 0.717) is 30.7 Å². The van der Waals surface area contributed by atoms with Crippen LogP contribution in [0.2, 0.25) is 0 Å². The van der Waals surface area contributed by atoms with Crippen LogP contribution in [0, 0.1) is 12.8 Å². The molecule has 1 N–H and O–H groups in total. The Labute approximate surface area is 120 Å². The first-order valence-corrected chi connectivity index (χ1v) is 7.48. The molecule has 1 aromatic rings. The van der Waals surface area contributed by atoms with Crippen molar-refractivity contribution in [3.8, 4) is 0 Å². The van der Waals surface area contributed by atoms with Crippen LogP contribution in [-0.2, 0) is 11.8 Å². The molecule has 5 nitrogen and oxygen atoms in total. The van der Waals surface area contributed by atoms with Crippen LogP contribution in [0.3, 0.4) is 0 Å². The van der Waals surface area contributed by atoms with Gasteiger partial charge in [0.05, 0.1) is 24.5 Å². The van der Waals surface area contributed by atoms with E-state index in [9.17, 15) is 4.79 Å². The summed E-state index contributed by atoms with van der Waals surface area (Å²) in [5.74, 6) is 0.566. The van der Waals surface area contributed by atoms with E-state index < -0.39 is 0 Å². The van der Waals surface area contributed by atoms with E-state index in [0.717, 1.165) is 12.1 Å². The maximum absolute atomic E-state index is 12.0. The lowest BCUT2D eigenvalue weighted by molar-refractivity contribution is -0.00294. The summed E-state index contributed by atoms with van der Waals surface area (Å²) >= 11 is 0. The molecule has 1 amide bonds. The van der Waals surface area contributed by atoms with Crippen molar-refractivity contribution < 1.29 is 9.53 Å². The summed E-state index contributed by atoms with van der Waals surface area (Å²) in [4.78, 5) is 12.0. The van der Waals surface area contributed by atoms with Crippen LogP contribution in [0.5, 0.6) is 0 Å². The first-order chi connectivity index (χ1) is 9.59. The zero-order valence-electron chi connectivity index (χ0n) is 12.7. The van der Waals surface area contributed by atoms with Crippen molar-refractivity contribution in [1.29, 1.82) is 0 Å². The number of carbonyl (C=O) groups is 1. The Balaban J connectivity index is 1.70. The van der Waals surface area contributed by atoms with Crippen LogP contribution in [0.4, 0.5) is 0 Å². The van der Waals surface area contributed by atoms with Crippen LogP contribution >= 0.6 is 0 Å². The number of aryl methyl sites for hydroxylation is 1. The maximum Gasteiger partial charge on any atom is 0.254 e. The van der Waals surface area contributed by atoms with Gasteiger partial charge < -0.3 is 10.1 Å². The standard InChI is InChI=1S/C15H25N3O2/c1-11-6-4-5-7-14(11)20-9-8-16-15(19)13-10-17-18(3)12(13)2/h10-11,14H,4-9H2,1-3H3,(H,16,19)/t11-,14-/m1/s1. The molecular formula is C15H25N3O2. The molecule has 2 atom stereocenters. The Kier molecular flexibility index (Phi) is 5.17. The molecule has 0 aliphatic heterocycles. The van der Waals surface area contributed by atoms with E-state index in [1.54, 1.807) is 10.9 Å². The van der Waals surface area contributed by atoms with Gasteiger partial charge in [0.25, 0.3) is 5.91 Å². The predicted octanol–water partition coefficient (Wildman–Crippen LogP) is 2.05. The van der Waals surface area contributed by atoms with Gasteiger partial charge in [-0.25, -0.2) is 0 Å². The Morgan fingerprint density at radius 2 is 2.25 bits per heavy atom. The van der Waals surface area contributed by atoms with E-state index in [4.69, 9.17) is 4.74 Å². The molecule has 0 spiro atoms. The fourth-order valence-electron chi connectivity index (χ4n) is 2.72. The van der Waals surface area contributed by atoms with Crippen LogP contribution in [0.25, 0.3) is 0 Å². The lowest BCUT2D eigenvalue weighted by Crippen LogP contribution is -2.32. The van der Waals surface area contributed by atoms with Crippen molar-refractivity contribution in [3.05, 3.63) is 17.5 Å². The predicted molar refractivity (Wildman–Crippen MR) is 77.7 cm³/mol. The molecule has 0 bridgehead atoms. The third-order valence-corrected chi connectivity index (χ3v) is 4.23. The molecule has 1 aromatic heterocycles. The zero-order valence-corrected chi connectivity index (χ0v) is 12.7. The first kappa shape index (κ1) is 15.0. The lowest BCUT2D eigenvalue weighted by atomic mass is 9.88. The third kappa shape index (κ3) is 3.60. The minimum absolute atomic E-state index is 0.0732. The van der Waals surface area contributed by atoms with Gasteiger partial charge in [0.15, 0.2) is 0 Å². The fourth-order valence-corrected chi connectivity index (χ4v) is 2.72. The van der Waals surface area contributed by atoms with E-state index in [1.807, 2.05) is 14.0 Å². The smallest absolute Gasteiger partial charge is 0.254 e. The maximum atomic E-state index is 12.0. The Bertz CT molecular complexity index is 456. The number of hydrogen-bond acceptors (Lipinski definition) is 3. The van der Waals surface area contributed by atoms with E-state index in [2.05, 4.69) is 17.3 Å². The summed E-state index contributed by atoms with van der Waals surface area (Å²) in [6.45, 7) is 5.28. The highest BCUT2D eigenvalue weighted by Crippen LogP contribution is 2.25. The number of aromatic nitrogens is 2. The van der Waals surface area contributed by atoms with Gasteiger partial charge in [0, 0.05) is 19.3 Å². The number of carbonyl (C=O) groups excluding carboxylic acids is 1. The Morgan fingerprint density at radius 1 is 1.50 bits per heavy atom. The molecule has 5 heteroatoms. The largest absolute Gasteiger partial charge is 0.376 e. The minimum Gasteiger partial charge on any atom is -0.376 e. The molecule has 1 saturated carbocycles. The van der Waals surface area contributed by atoms with Gasteiger partial charge in [-0.05, 0) is 25.7 Å². The van der Waals surface area contributed by atoms with Gasteiger partial charge in [0.2, 0.25) is 0 Å². The number of nitrogens with zero attached hydrogens (tertiary/aromatic N) is 2. The topological polar surface area (TPSA) is 56.1 Å². The van der Waals surface area contributed by atoms with E-state index in [1.165, 1.54) is 19.3 Å². The Morgan fingerprint density at radius 3 is 2.90 bits per heavy atom. The van der Waals surface area contributed by atoms with Gasteiger partial charge in [-0.15, -0.1) is 0 Å². The van der Waals surface area contributed by atoms with Crippen molar-refractivity contribution >= 4 is 5.91 Å². The van der Waals surface area contributed by atoms with Crippen molar-refractivity contribution in [2.75, 3.05) is 13.2 Å². The third-order valence-electron chi connectivity index (χ3n) is 4.23. The molecule has 112 valence electrons. The van der Waals surface area contributed by atoms with E-state index in [-0.39, 0.29) is 5.91 Å². The number of nitrogens with one attached hydrogen (secondary N) is 1. The molecular weight excluding hydrogens is 254 g/mol. The fraction of sp³-hybridized carbons (Fsp3) is 0.733. The summed E-state index contributed by atoms with van der Waals surface area (Å²) in [7, 11) is 1.83. The summed E-state index contributed by atoms with van der Waals surface area (Å²) in [5, 5.41) is 6.96. The van der Waals surface area contributed by atoms with Crippen molar-refractivity contribution in [2.24, 2.45) is 13.0 Å². The summed E-state index contributed by atoms with van der Waals surface area (Å²) < 4.78 is 7.58. The quantitative estimate of drug-likeness (QED) is 0.839. The summed E-state index contributed by atoms with van der Waals surface area (Å²) in [6.07, 6.45) is 6.95. The zero-order chi connectivity index (χ0) is 14.5. The highest BCUT2D eigenvalue weighted by Gasteiger charge is 2.21. The van der Waals surface area contributed by atoms with Gasteiger partial charge in [-0.1, -0.05) is 19.8 Å². The average Bonchev–Trinajstić information content (AvgIpc) is 2.77. The highest BCUT2D eigenvalue weighted by atomic mass is 16.5. The SMILES string of the molecule is Cc1c(C(=O)NCCO[C@@H]2CCCC[C@H]2C)cnn1C. The van der Waals surface area contributed by atoms with Gasteiger partial charge in [-0.2, -0.15) is 5.10 Å². The molecule has 1 fully saturated rings. The molecule has 1 aliphatic carbocycles. The summed E-state index contributed by atoms with van der Waals surface area (Å²) in [6, 6.07) is 0.